The van der Waals surface area contributed by atoms with Crippen molar-refractivity contribution in [3.8, 4) is 0 Å². The zero-order valence-corrected chi connectivity index (χ0v) is 11.5. The first-order valence-electron chi connectivity index (χ1n) is 6.55. The lowest BCUT2D eigenvalue weighted by molar-refractivity contribution is 0.0993. The predicted octanol–water partition coefficient (Wildman–Crippen LogP) is 1.98. The number of carbonyl (C=O) groups excluding carboxylic acids is 2. The molecule has 0 saturated heterocycles. The summed E-state index contributed by atoms with van der Waals surface area (Å²) in [5, 5.41) is 3.65. The molecule has 2 heterocycles. The first-order chi connectivity index (χ1) is 10.6. The van der Waals surface area contributed by atoms with Crippen LogP contribution < -0.4 is 11.1 Å². The van der Waals surface area contributed by atoms with Crippen molar-refractivity contribution in [3.63, 3.8) is 0 Å². The number of nitrogens with two attached hydrogens (primary N) is 1. The summed E-state index contributed by atoms with van der Waals surface area (Å²) in [4.78, 5) is 31.3. The van der Waals surface area contributed by atoms with Gasteiger partial charge in [0, 0.05) is 11.6 Å². The summed E-state index contributed by atoms with van der Waals surface area (Å²) in [7, 11) is 0. The first-order valence-corrected chi connectivity index (χ1v) is 6.55. The van der Waals surface area contributed by atoms with Crippen LogP contribution in [0, 0.1) is 0 Å². The lowest BCUT2D eigenvalue weighted by Gasteiger charge is -2.06. The highest BCUT2D eigenvalue weighted by Gasteiger charge is 2.09. The molecule has 0 aliphatic heterocycles. The van der Waals surface area contributed by atoms with Gasteiger partial charge in [-0.05, 0) is 24.3 Å². The van der Waals surface area contributed by atoms with Crippen LogP contribution in [0.1, 0.15) is 20.8 Å². The Hall–Kier alpha value is -3.28. The maximum Gasteiger partial charge on any atom is 0.274 e. The van der Waals surface area contributed by atoms with E-state index in [1.54, 1.807) is 6.20 Å². The third kappa shape index (κ3) is 2.76. The van der Waals surface area contributed by atoms with Crippen molar-refractivity contribution in [1.82, 2.24) is 9.97 Å². The van der Waals surface area contributed by atoms with Crippen LogP contribution in [0.4, 0.5) is 5.69 Å². The molecule has 22 heavy (non-hydrogen) atoms. The third-order valence-electron chi connectivity index (χ3n) is 3.13. The Labute approximate surface area is 126 Å². The lowest BCUT2D eigenvalue weighted by atomic mass is 10.2. The van der Waals surface area contributed by atoms with Gasteiger partial charge < -0.3 is 11.1 Å². The number of nitrogens with zero attached hydrogens (tertiary/aromatic N) is 2. The number of hydrogen-bond donors (Lipinski definition) is 2. The van der Waals surface area contributed by atoms with Crippen molar-refractivity contribution >= 4 is 28.4 Å². The Bertz CT molecular complexity index is 859. The van der Waals surface area contributed by atoms with E-state index in [1.807, 2.05) is 30.3 Å². The minimum Gasteiger partial charge on any atom is -0.366 e. The smallest absolute Gasteiger partial charge is 0.274 e. The molecular formula is C16H12N4O2. The standard InChI is InChI=1S/C16H12N4O2/c17-15(21)11-5-6-14(18-8-11)16(22)20-12-7-10-3-1-2-4-13(10)19-9-12/h1-9H,(H2,17,21)(H,20,22). The highest BCUT2D eigenvalue weighted by atomic mass is 16.2. The third-order valence-corrected chi connectivity index (χ3v) is 3.13. The Kier molecular flexibility index (Phi) is 3.49. The monoisotopic (exact) mass is 292 g/mol. The number of rotatable bonds is 3. The van der Waals surface area contributed by atoms with Crippen LogP contribution in [0.15, 0.2) is 54.9 Å². The van der Waals surface area contributed by atoms with Crippen molar-refractivity contribution < 1.29 is 9.59 Å². The van der Waals surface area contributed by atoms with Crippen LogP contribution in [-0.2, 0) is 0 Å². The van der Waals surface area contributed by atoms with Gasteiger partial charge in [0.15, 0.2) is 0 Å². The van der Waals surface area contributed by atoms with Gasteiger partial charge in [0.25, 0.3) is 5.91 Å². The van der Waals surface area contributed by atoms with Gasteiger partial charge in [-0.3, -0.25) is 19.6 Å². The summed E-state index contributed by atoms with van der Waals surface area (Å²) >= 11 is 0. The molecule has 0 fully saturated rings. The summed E-state index contributed by atoms with van der Waals surface area (Å²) in [6, 6.07) is 12.4. The fourth-order valence-electron chi connectivity index (χ4n) is 2.01. The molecular weight excluding hydrogens is 280 g/mol. The summed E-state index contributed by atoms with van der Waals surface area (Å²) in [5.74, 6) is -0.966. The molecule has 0 spiro atoms. The lowest BCUT2D eigenvalue weighted by Crippen LogP contribution is -2.16. The van der Waals surface area contributed by atoms with Crippen molar-refractivity contribution in [2.45, 2.75) is 0 Å². The van der Waals surface area contributed by atoms with Gasteiger partial charge in [0.1, 0.15) is 5.69 Å². The van der Waals surface area contributed by atoms with E-state index >= 15 is 0 Å². The van der Waals surface area contributed by atoms with Gasteiger partial charge >= 0.3 is 0 Å². The minimum absolute atomic E-state index is 0.193. The number of primary amides is 1. The Morgan fingerprint density at radius 3 is 2.55 bits per heavy atom. The first kappa shape index (κ1) is 13.7. The zero-order valence-electron chi connectivity index (χ0n) is 11.5. The molecule has 0 unspecified atom stereocenters. The van der Waals surface area contributed by atoms with E-state index in [4.69, 9.17) is 5.73 Å². The van der Waals surface area contributed by atoms with Crippen LogP contribution in [-0.4, -0.2) is 21.8 Å². The Morgan fingerprint density at radius 1 is 1.00 bits per heavy atom. The van der Waals surface area contributed by atoms with E-state index in [2.05, 4.69) is 15.3 Å². The van der Waals surface area contributed by atoms with Crippen molar-refractivity contribution in [2.75, 3.05) is 5.32 Å². The molecule has 1 aromatic carbocycles. The number of anilines is 1. The van der Waals surface area contributed by atoms with E-state index < -0.39 is 5.91 Å². The second-order valence-corrected chi connectivity index (χ2v) is 4.67. The van der Waals surface area contributed by atoms with E-state index in [-0.39, 0.29) is 17.2 Å². The zero-order chi connectivity index (χ0) is 15.5. The van der Waals surface area contributed by atoms with Crippen LogP contribution in [0.5, 0.6) is 0 Å². The summed E-state index contributed by atoms with van der Waals surface area (Å²) in [5.41, 5.74) is 7.00. The SMILES string of the molecule is NC(=O)c1ccc(C(=O)Nc2cnc3ccccc3c2)nc1. The fraction of sp³-hybridized carbons (Fsp3) is 0. The topological polar surface area (TPSA) is 98.0 Å². The maximum atomic E-state index is 12.1. The quantitative estimate of drug-likeness (QED) is 0.771. The largest absolute Gasteiger partial charge is 0.366 e. The van der Waals surface area contributed by atoms with Crippen molar-refractivity contribution in [2.24, 2.45) is 5.73 Å². The number of aromatic nitrogens is 2. The number of fused-ring (bicyclic) bond motifs is 1. The highest BCUT2D eigenvalue weighted by Crippen LogP contribution is 2.16. The number of benzene rings is 1. The highest BCUT2D eigenvalue weighted by molar-refractivity contribution is 6.04. The predicted molar refractivity (Wildman–Crippen MR) is 82.5 cm³/mol. The van der Waals surface area contributed by atoms with Gasteiger partial charge in [0.05, 0.1) is 23.0 Å². The molecule has 0 radical (unpaired) electrons. The molecule has 6 heteroatoms. The van der Waals surface area contributed by atoms with Crippen LogP contribution in [0.3, 0.4) is 0 Å². The van der Waals surface area contributed by atoms with Crippen LogP contribution in [0.25, 0.3) is 10.9 Å². The van der Waals surface area contributed by atoms with E-state index in [0.717, 1.165) is 10.9 Å². The van der Waals surface area contributed by atoms with Crippen molar-refractivity contribution in [3.05, 3.63) is 66.1 Å². The number of pyridine rings is 2. The molecule has 0 saturated carbocycles. The number of nitrogens with one attached hydrogen (secondary N) is 1. The fourth-order valence-corrected chi connectivity index (χ4v) is 2.01. The van der Waals surface area contributed by atoms with E-state index in [0.29, 0.717) is 5.69 Å². The van der Waals surface area contributed by atoms with E-state index in [9.17, 15) is 9.59 Å². The van der Waals surface area contributed by atoms with Crippen molar-refractivity contribution in [1.29, 1.82) is 0 Å². The molecule has 0 aliphatic carbocycles. The van der Waals surface area contributed by atoms with Gasteiger partial charge in [-0.1, -0.05) is 18.2 Å². The van der Waals surface area contributed by atoms with E-state index in [1.165, 1.54) is 18.3 Å². The molecule has 3 N–H and O–H groups in total. The average Bonchev–Trinajstić information content (AvgIpc) is 2.55. The van der Waals surface area contributed by atoms with Gasteiger partial charge in [-0.25, -0.2) is 0 Å². The van der Waals surface area contributed by atoms with Crippen LogP contribution >= 0.6 is 0 Å². The summed E-state index contributed by atoms with van der Waals surface area (Å²) in [6.45, 7) is 0. The second kappa shape index (κ2) is 5.61. The molecule has 6 nitrogen and oxygen atoms in total. The molecule has 3 aromatic rings. The Morgan fingerprint density at radius 2 is 1.82 bits per heavy atom. The Balaban J connectivity index is 1.81. The molecule has 0 aliphatic rings. The molecule has 3 rings (SSSR count). The van der Waals surface area contributed by atoms with Crippen LogP contribution in [0.2, 0.25) is 0 Å². The molecule has 0 atom stereocenters. The van der Waals surface area contributed by atoms with Gasteiger partial charge in [-0.2, -0.15) is 0 Å². The molecule has 108 valence electrons. The molecule has 0 bridgehead atoms. The second-order valence-electron chi connectivity index (χ2n) is 4.67. The maximum absolute atomic E-state index is 12.1. The van der Waals surface area contributed by atoms with Gasteiger partial charge in [-0.15, -0.1) is 0 Å². The summed E-state index contributed by atoms with van der Waals surface area (Å²) in [6.07, 6.45) is 2.86. The summed E-state index contributed by atoms with van der Waals surface area (Å²) < 4.78 is 0. The number of hydrogen-bond acceptors (Lipinski definition) is 4. The molecule has 2 aromatic heterocycles. The normalized spacial score (nSPS) is 10.4. The minimum atomic E-state index is -0.585. The number of amides is 2. The average molecular weight is 292 g/mol. The number of carbonyl (C=O) groups is 2. The van der Waals surface area contributed by atoms with Gasteiger partial charge in [0.2, 0.25) is 5.91 Å². The number of para-hydroxylation sites is 1. The molecule has 2 amide bonds.